The Bertz CT molecular complexity index is 1130. The maximum Gasteiger partial charge on any atom is 0.339 e. The molecule has 0 heterocycles. The smallest absolute Gasteiger partial charge is 0.339 e. The Hall–Kier alpha value is -3.20. The van der Waals surface area contributed by atoms with Gasteiger partial charge in [0.25, 0.3) is 20.2 Å². The van der Waals surface area contributed by atoms with Gasteiger partial charge in [0.15, 0.2) is 11.5 Å². The van der Waals surface area contributed by atoms with Crippen LogP contribution < -0.4 is 0 Å². The Kier molecular flexibility index (Phi) is 5.09. The predicted octanol–water partition coefficient (Wildman–Crippen LogP) is 0.655. The number of carboxylic acids is 2. The van der Waals surface area contributed by atoms with Gasteiger partial charge in [-0.2, -0.15) is 16.8 Å². The number of carboxylic acid groups (broad SMARTS) is 2. The highest BCUT2D eigenvalue weighted by Gasteiger charge is 2.27. The van der Waals surface area contributed by atoms with E-state index in [2.05, 4.69) is 0 Å². The standard InChI is InChI=1S/C14H10O12S2/c15-11-7(13(17)18)1-5(3-9(11)27(21,22)23)6-2-8(14(19)20)12(16)10(4-6)28(24,25)26/h1-4,15-16H,(H,17,18)(H,19,20)(H,21,22,23)(H,24,25,26). The first-order valence-electron chi connectivity index (χ1n) is 6.80. The largest absolute Gasteiger partial charge is 0.506 e. The molecular weight excluding hydrogens is 424 g/mol. The molecule has 0 aliphatic rings. The Labute approximate surface area is 156 Å². The molecule has 0 fully saturated rings. The van der Waals surface area contributed by atoms with Crippen LogP contribution in [0.2, 0.25) is 0 Å². The van der Waals surface area contributed by atoms with Crippen molar-refractivity contribution in [2.45, 2.75) is 9.79 Å². The van der Waals surface area contributed by atoms with E-state index in [4.69, 9.17) is 19.3 Å². The van der Waals surface area contributed by atoms with Gasteiger partial charge in [-0.3, -0.25) is 9.11 Å². The van der Waals surface area contributed by atoms with Crippen LogP contribution in [-0.4, -0.2) is 58.3 Å². The van der Waals surface area contributed by atoms with Crippen LogP contribution in [0.15, 0.2) is 34.1 Å². The lowest BCUT2D eigenvalue weighted by Gasteiger charge is -2.12. The molecule has 0 atom stereocenters. The van der Waals surface area contributed by atoms with Crippen LogP contribution >= 0.6 is 0 Å². The van der Waals surface area contributed by atoms with Gasteiger partial charge in [0.1, 0.15) is 20.9 Å². The molecular formula is C14H10O12S2. The Morgan fingerprint density at radius 2 is 0.929 bits per heavy atom. The second-order valence-electron chi connectivity index (χ2n) is 5.30. The average Bonchev–Trinajstić information content (AvgIpc) is 2.52. The summed E-state index contributed by atoms with van der Waals surface area (Å²) >= 11 is 0. The monoisotopic (exact) mass is 434 g/mol. The molecule has 0 aliphatic heterocycles. The molecule has 28 heavy (non-hydrogen) atoms. The highest BCUT2D eigenvalue weighted by molar-refractivity contribution is 7.86. The number of aromatic hydroxyl groups is 2. The fourth-order valence-electron chi connectivity index (χ4n) is 2.27. The molecule has 0 aliphatic carbocycles. The van der Waals surface area contributed by atoms with Crippen LogP contribution in [0, 0.1) is 0 Å². The van der Waals surface area contributed by atoms with E-state index in [1.807, 2.05) is 0 Å². The first-order valence-corrected chi connectivity index (χ1v) is 9.68. The van der Waals surface area contributed by atoms with Crippen molar-refractivity contribution in [2.75, 3.05) is 0 Å². The number of phenols is 2. The lowest BCUT2D eigenvalue weighted by molar-refractivity contribution is 0.0681. The summed E-state index contributed by atoms with van der Waals surface area (Å²) < 4.78 is 63.9. The molecule has 12 nitrogen and oxygen atoms in total. The van der Waals surface area contributed by atoms with Gasteiger partial charge >= 0.3 is 11.9 Å². The lowest BCUT2D eigenvalue weighted by Crippen LogP contribution is -2.07. The molecule has 2 rings (SSSR count). The number of rotatable bonds is 5. The van der Waals surface area contributed by atoms with Crippen LogP contribution in [0.3, 0.4) is 0 Å². The van der Waals surface area contributed by atoms with E-state index >= 15 is 0 Å². The fourth-order valence-corrected chi connectivity index (χ4v) is 3.53. The van der Waals surface area contributed by atoms with Crippen molar-refractivity contribution in [2.24, 2.45) is 0 Å². The zero-order valence-electron chi connectivity index (χ0n) is 13.3. The minimum Gasteiger partial charge on any atom is -0.506 e. The molecule has 6 N–H and O–H groups in total. The van der Waals surface area contributed by atoms with Gasteiger partial charge in [0.2, 0.25) is 0 Å². The third kappa shape index (κ3) is 3.89. The molecule has 150 valence electrons. The molecule has 2 aromatic carbocycles. The van der Waals surface area contributed by atoms with Crippen LogP contribution in [-0.2, 0) is 20.2 Å². The molecule has 2 aromatic rings. The van der Waals surface area contributed by atoms with Crippen molar-refractivity contribution in [3.8, 4) is 22.6 Å². The molecule has 0 amide bonds. The van der Waals surface area contributed by atoms with Crippen molar-refractivity contribution in [3.05, 3.63) is 35.4 Å². The maximum absolute atomic E-state index is 11.4. The summed E-state index contributed by atoms with van der Waals surface area (Å²) in [5.41, 5.74) is -2.95. The van der Waals surface area contributed by atoms with Crippen molar-refractivity contribution in [1.29, 1.82) is 0 Å². The summed E-state index contributed by atoms with van der Waals surface area (Å²) in [5, 5.41) is 37.7. The predicted molar refractivity (Wildman–Crippen MR) is 88.8 cm³/mol. The van der Waals surface area contributed by atoms with Gasteiger partial charge in [-0.15, -0.1) is 0 Å². The van der Waals surface area contributed by atoms with Crippen molar-refractivity contribution in [1.82, 2.24) is 0 Å². The summed E-state index contributed by atoms with van der Waals surface area (Å²) in [5.74, 6) is -6.27. The highest BCUT2D eigenvalue weighted by Crippen LogP contribution is 2.37. The van der Waals surface area contributed by atoms with Crippen molar-refractivity contribution >= 4 is 32.2 Å². The molecule has 0 aromatic heterocycles. The normalized spacial score (nSPS) is 11.9. The van der Waals surface area contributed by atoms with E-state index in [0.29, 0.717) is 24.3 Å². The summed E-state index contributed by atoms with van der Waals surface area (Å²) in [4.78, 5) is 20.0. The summed E-state index contributed by atoms with van der Waals surface area (Å²) in [6, 6.07) is 2.42. The Morgan fingerprint density at radius 1 is 0.643 bits per heavy atom. The Balaban J connectivity index is 3.00. The van der Waals surface area contributed by atoms with Gasteiger partial charge in [0.05, 0.1) is 0 Å². The van der Waals surface area contributed by atoms with E-state index in [-0.39, 0.29) is 0 Å². The third-order valence-corrected chi connectivity index (χ3v) is 5.23. The quantitative estimate of drug-likeness (QED) is 0.357. The van der Waals surface area contributed by atoms with E-state index in [0.717, 1.165) is 0 Å². The zero-order valence-corrected chi connectivity index (χ0v) is 14.9. The maximum atomic E-state index is 11.4. The van der Waals surface area contributed by atoms with Crippen LogP contribution in [0.25, 0.3) is 11.1 Å². The second kappa shape index (κ2) is 6.75. The number of carbonyl (C=O) groups is 2. The van der Waals surface area contributed by atoms with E-state index in [1.165, 1.54) is 0 Å². The van der Waals surface area contributed by atoms with Gasteiger partial charge in [-0.25, -0.2) is 9.59 Å². The van der Waals surface area contributed by atoms with E-state index < -0.39 is 75.7 Å². The minimum absolute atomic E-state index is 0.463. The molecule has 0 radical (unpaired) electrons. The number of hydrogen-bond acceptors (Lipinski definition) is 8. The summed E-state index contributed by atoms with van der Waals surface area (Å²) in [6.45, 7) is 0. The van der Waals surface area contributed by atoms with Gasteiger partial charge in [-0.1, -0.05) is 0 Å². The average molecular weight is 434 g/mol. The summed E-state index contributed by atoms with van der Waals surface area (Å²) in [6.07, 6.45) is 0. The topological polar surface area (TPSA) is 224 Å². The SMILES string of the molecule is O=C(O)c1cc(-c2cc(C(=O)O)c(O)c(S(=O)(=O)O)c2)cc(S(=O)(=O)O)c1O. The molecule has 0 saturated heterocycles. The van der Waals surface area contributed by atoms with E-state index in [9.17, 15) is 36.6 Å². The molecule has 0 bridgehead atoms. The number of aromatic carboxylic acids is 2. The van der Waals surface area contributed by atoms with Crippen molar-refractivity contribution in [3.63, 3.8) is 0 Å². The van der Waals surface area contributed by atoms with Crippen LogP contribution in [0.1, 0.15) is 20.7 Å². The Morgan fingerprint density at radius 3 is 1.14 bits per heavy atom. The van der Waals surface area contributed by atoms with Gasteiger partial charge < -0.3 is 20.4 Å². The highest BCUT2D eigenvalue weighted by atomic mass is 32.2. The molecule has 14 heteroatoms. The van der Waals surface area contributed by atoms with Crippen LogP contribution in [0.5, 0.6) is 11.5 Å². The number of benzene rings is 2. The molecule has 0 spiro atoms. The number of hydrogen-bond donors (Lipinski definition) is 6. The molecule has 0 saturated carbocycles. The zero-order chi connectivity index (χ0) is 21.6. The first-order chi connectivity index (χ1) is 12.6. The van der Waals surface area contributed by atoms with Crippen LogP contribution in [0.4, 0.5) is 0 Å². The van der Waals surface area contributed by atoms with E-state index in [1.54, 1.807) is 0 Å². The third-order valence-electron chi connectivity index (χ3n) is 3.50. The molecule has 0 unspecified atom stereocenters. The lowest BCUT2D eigenvalue weighted by atomic mass is 9.99. The minimum atomic E-state index is -5.14. The second-order valence-corrected chi connectivity index (χ2v) is 8.08. The van der Waals surface area contributed by atoms with Crippen molar-refractivity contribution < 1.29 is 56.0 Å². The van der Waals surface area contributed by atoms with Gasteiger partial charge in [-0.05, 0) is 35.4 Å². The fraction of sp³-hybridized carbons (Fsp3) is 0. The van der Waals surface area contributed by atoms with Gasteiger partial charge in [0, 0.05) is 0 Å². The summed E-state index contributed by atoms with van der Waals surface area (Å²) in [7, 11) is -10.3. The first kappa shape index (κ1) is 21.1.